The molecule has 1 amide bonds. The van der Waals surface area contributed by atoms with E-state index >= 15 is 0 Å². The number of hydrogen-bond donors (Lipinski definition) is 1. The van der Waals surface area contributed by atoms with E-state index in [0.29, 0.717) is 4.88 Å². The molecule has 0 spiro atoms. The number of thiazole rings is 1. The van der Waals surface area contributed by atoms with E-state index in [4.69, 9.17) is 5.10 Å². The zero-order valence-electron chi connectivity index (χ0n) is 15.1. The van der Waals surface area contributed by atoms with Crippen molar-refractivity contribution in [2.24, 2.45) is 0 Å². The molecule has 1 aromatic carbocycles. The quantitative estimate of drug-likeness (QED) is 0.731. The third-order valence-electron chi connectivity index (χ3n) is 4.65. The van der Waals surface area contributed by atoms with Crippen molar-refractivity contribution in [3.63, 3.8) is 0 Å². The van der Waals surface area contributed by atoms with E-state index in [1.54, 1.807) is 0 Å². The highest BCUT2D eigenvalue weighted by Gasteiger charge is 2.25. The van der Waals surface area contributed by atoms with E-state index in [1.165, 1.54) is 11.3 Å². The Labute approximate surface area is 157 Å². The second-order valence-corrected chi connectivity index (χ2v) is 7.68. The number of hydrogen-bond acceptors (Lipinski definition) is 4. The van der Waals surface area contributed by atoms with Crippen LogP contribution in [0, 0.1) is 6.92 Å². The smallest absolute Gasteiger partial charge is 0.268 e. The Bertz CT molecular complexity index is 942. The molecular formula is C20H22N4OS. The average molecular weight is 366 g/mol. The molecule has 0 radical (unpaired) electrons. The highest BCUT2D eigenvalue weighted by Crippen LogP contribution is 2.32. The topological polar surface area (TPSA) is 59.8 Å². The van der Waals surface area contributed by atoms with Crippen molar-refractivity contribution < 1.29 is 4.79 Å². The van der Waals surface area contributed by atoms with Crippen LogP contribution in [-0.2, 0) is 19.3 Å². The van der Waals surface area contributed by atoms with Gasteiger partial charge in [0, 0.05) is 5.56 Å². The first kappa shape index (κ1) is 17.0. The monoisotopic (exact) mass is 366 g/mol. The first-order valence-electron chi connectivity index (χ1n) is 9.11. The maximum Gasteiger partial charge on any atom is 0.268 e. The lowest BCUT2D eigenvalue weighted by atomic mass is 10.2. The fourth-order valence-electron chi connectivity index (χ4n) is 3.42. The summed E-state index contributed by atoms with van der Waals surface area (Å²) >= 11 is 1.50. The Kier molecular flexibility index (Phi) is 4.59. The number of carbonyl (C=O) groups excluding carboxylic acids is 1. The van der Waals surface area contributed by atoms with Crippen molar-refractivity contribution in [3.8, 4) is 5.69 Å². The minimum atomic E-state index is -0.0888. The van der Waals surface area contributed by atoms with Crippen molar-refractivity contribution in [1.29, 1.82) is 0 Å². The Morgan fingerprint density at radius 1 is 1.27 bits per heavy atom. The molecule has 1 aliphatic rings. The molecule has 1 aliphatic carbocycles. The predicted octanol–water partition coefficient (Wildman–Crippen LogP) is 4.33. The fraction of sp³-hybridized carbons (Fsp3) is 0.350. The normalized spacial score (nSPS) is 13.0. The summed E-state index contributed by atoms with van der Waals surface area (Å²) in [5, 5.41) is 8.91. The van der Waals surface area contributed by atoms with Crippen LogP contribution in [0.15, 0.2) is 30.3 Å². The van der Waals surface area contributed by atoms with Gasteiger partial charge in [0.25, 0.3) is 5.91 Å². The molecule has 0 bridgehead atoms. The first-order valence-corrected chi connectivity index (χ1v) is 9.93. The maximum absolute atomic E-state index is 13.0. The van der Waals surface area contributed by atoms with Crippen LogP contribution < -0.4 is 5.32 Å². The highest BCUT2D eigenvalue weighted by atomic mass is 32.1. The summed E-state index contributed by atoms with van der Waals surface area (Å²) in [5.74, 6) is 0.715. The van der Waals surface area contributed by atoms with Gasteiger partial charge in [0.05, 0.1) is 22.1 Å². The molecule has 0 unspecified atom stereocenters. The molecule has 134 valence electrons. The minimum absolute atomic E-state index is 0.0888. The van der Waals surface area contributed by atoms with Crippen LogP contribution in [0.25, 0.3) is 5.69 Å². The molecular weight excluding hydrogens is 344 g/mol. The van der Waals surface area contributed by atoms with Gasteiger partial charge in [-0.25, -0.2) is 9.67 Å². The van der Waals surface area contributed by atoms with E-state index in [9.17, 15) is 4.79 Å². The molecule has 26 heavy (non-hydrogen) atoms. The third kappa shape index (κ3) is 3.05. The van der Waals surface area contributed by atoms with E-state index in [-0.39, 0.29) is 5.91 Å². The Morgan fingerprint density at radius 3 is 2.85 bits per heavy atom. The van der Waals surface area contributed by atoms with Crippen LogP contribution in [0.2, 0.25) is 0 Å². The lowest BCUT2D eigenvalue weighted by Crippen LogP contribution is -2.16. The number of aryl methyl sites for hydroxylation is 3. The number of aromatic nitrogens is 3. The molecule has 0 atom stereocenters. The van der Waals surface area contributed by atoms with Gasteiger partial charge in [-0.2, -0.15) is 5.10 Å². The third-order valence-corrected chi connectivity index (χ3v) is 5.87. The number of rotatable bonds is 5. The summed E-state index contributed by atoms with van der Waals surface area (Å²) in [6, 6.07) is 9.97. The van der Waals surface area contributed by atoms with Gasteiger partial charge < -0.3 is 5.32 Å². The van der Waals surface area contributed by atoms with Gasteiger partial charge in [0.1, 0.15) is 10.7 Å². The zero-order valence-corrected chi connectivity index (χ0v) is 15.9. The second kappa shape index (κ2) is 7.03. The Balaban J connectivity index is 1.69. The predicted molar refractivity (Wildman–Crippen MR) is 104 cm³/mol. The van der Waals surface area contributed by atoms with Crippen LogP contribution in [0.3, 0.4) is 0 Å². The molecule has 0 saturated heterocycles. The Hall–Kier alpha value is -2.47. The SMILES string of the molecule is CCCc1nc(C)c(C(=O)Nc2c3c(nn2-c2ccccc2)CCC3)s1. The van der Waals surface area contributed by atoms with Crippen LogP contribution in [0.1, 0.15) is 51.4 Å². The van der Waals surface area contributed by atoms with E-state index in [1.807, 2.05) is 41.9 Å². The number of benzene rings is 1. The van der Waals surface area contributed by atoms with Gasteiger partial charge in [-0.05, 0) is 51.2 Å². The van der Waals surface area contributed by atoms with Crippen molar-refractivity contribution in [1.82, 2.24) is 14.8 Å². The summed E-state index contributed by atoms with van der Waals surface area (Å²) in [7, 11) is 0. The van der Waals surface area contributed by atoms with Gasteiger partial charge in [-0.1, -0.05) is 25.1 Å². The molecule has 2 aromatic heterocycles. The summed E-state index contributed by atoms with van der Waals surface area (Å²) in [6.45, 7) is 4.03. The van der Waals surface area contributed by atoms with E-state index in [2.05, 4.69) is 17.2 Å². The van der Waals surface area contributed by atoms with Crippen molar-refractivity contribution in [2.75, 3.05) is 5.32 Å². The number of amides is 1. The number of anilines is 1. The first-order chi connectivity index (χ1) is 12.7. The van der Waals surface area contributed by atoms with Crippen LogP contribution in [-0.4, -0.2) is 20.7 Å². The minimum Gasteiger partial charge on any atom is -0.305 e. The summed E-state index contributed by atoms with van der Waals surface area (Å²) < 4.78 is 1.87. The van der Waals surface area contributed by atoms with Gasteiger partial charge in [-0.3, -0.25) is 4.79 Å². The molecule has 0 aliphatic heterocycles. The summed E-state index contributed by atoms with van der Waals surface area (Å²) in [4.78, 5) is 18.2. The molecule has 4 rings (SSSR count). The molecule has 1 N–H and O–H groups in total. The van der Waals surface area contributed by atoms with Crippen LogP contribution in [0.4, 0.5) is 5.82 Å². The van der Waals surface area contributed by atoms with Crippen LogP contribution in [0.5, 0.6) is 0 Å². The fourth-order valence-corrected chi connectivity index (χ4v) is 4.49. The molecule has 2 heterocycles. The van der Waals surface area contributed by atoms with Crippen LogP contribution >= 0.6 is 11.3 Å². The average Bonchev–Trinajstić information content (AvgIpc) is 3.32. The van der Waals surface area contributed by atoms with Gasteiger partial charge in [0.15, 0.2) is 0 Å². The number of nitrogens with zero attached hydrogens (tertiary/aromatic N) is 3. The number of para-hydroxylation sites is 1. The standard InChI is InChI=1S/C20H22N4OS/c1-3-8-17-21-13(2)18(26-17)20(25)22-19-15-11-7-12-16(15)23-24(19)14-9-5-4-6-10-14/h4-6,9-10H,3,7-8,11-12H2,1-2H3,(H,22,25). The van der Waals surface area contributed by atoms with Crippen molar-refractivity contribution in [3.05, 3.63) is 57.2 Å². The van der Waals surface area contributed by atoms with Crippen molar-refractivity contribution >= 4 is 23.1 Å². The highest BCUT2D eigenvalue weighted by molar-refractivity contribution is 7.13. The maximum atomic E-state index is 13.0. The number of nitrogens with one attached hydrogen (secondary N) is 1. The summed E-state index contributed by atoms with van der Waals surface area (Å²) in [5.41, 5.74) is 4.03. The molecule has 0 fully saturated rings. The number of carbonyl (C=O) groups is 1. The lowest BCUT2D eigenvalue weighted by Gasteiger charge is -2.10. The Morgan fingerprint density at radius 2 is 2.08 bits per heavy atom. The molecule has 6 heteroatoms. The largest absolute Gasteiger partial charge is 0.305 e. The second-order valence-electron chi connectivity index (χ2n) is 6.60. The van der Waals surface area contributed by atoms with Gasteiger partial charge >= 0.3 is 0 Å². The molecule has 0 saturated carbocycles. The van der Waals surface area contributed by atoms with Crippen molar-refractivity contribution in [2.45, 2.75) is 46.0 Å². The number of fused-ring (bicyclic) bond motifs is 1. The van der Waals surface area contributed by atoms with Gasteiger partial charge in [-0.15, -0.1) is 11.3 Å². The molecule has 3 aromatic rings. The van der Waals surface area contributed by atoms with E-state index in [0.717, 1.165) is 65.6 Å². The molecule has 5 nitrogen and oxygen atoms in total. The zero-order chi connectivity index (χ0) is 18.1. The lowest BCUT2D eigenvalue weighted by molar-refractivity contribution is 0.102. The van der Waals surface area contributed by atoms with Gasteiger partial charge in [0.2, 0.25) is 0 Å². The summed E-state index contributed by atoms with van der Waals surface area (Å²) in [6.07, 6.45) is 4.97. The van der Waals surface area contributed by atoms with E-state index < -0.39 is 0 Å².